The van der Waals surface area contributed by atoms with Gasteiger partial charge in [0, 0.05) is 11.4 Å². The molecule has 0 saturated heterocycles. The largest absolute Gasteiger partial charge is 0.317 e. The third-order valence-electron chi connectivity index (χ3n) is 1.61. The number of terminal acetylenes is 1. The van der Waals surface area contributed by atoms with Gasteiger partial charge in [-0.3, -0.25) is 0 Å². The van der Waals surface area contributed by atoms with Crippen LogP contribution in [0.25, 0.3) is 0 Å². The summed E-state index contributed by atoms with van der Waals surface area (Å²) in [5, 5.41) is 0.725. The third kappa shape index (κ3) is 2.27. The molecule has 0 radical (unpaired) electrons. The monoisotopic (exact) mass is 179 g/mol. The molecule has 0 fully saturated rings. The molecule has 2 heteroatoms. The predicted molar refractivity (Wildman–Crippen MR) is 52.0 cm³/mol. The van der Waals surface area contributed by atoms with Crippen molar-refractivity contribution < 1.29 is 0 Å². The van der Waals surface area contributed by atoms with Crippen LogP contribution in [0.4, 0.5) is 0 Å². The summed E-state index contributed by atoms with van der Waals surface area (Å²) in [6.07, 6.45) is 5.79. The minimum atomic E-state index is -0.245. The van der Waals surface area contributed by atoms with Crippen molar-refractivity contribution in [3.63, 3.8) is 0 Å². The molecule has 1 aromatic rings. The third-order valence-corrected chi connectivity index (χ3v) is 1.98. The zero-order valence-electron chi connectivity index (χ0n) is 6.63. The van der Waals surface area contributed by atoms with E-state index in [1.54, 1.807) is 0 Å². The Kier molecular flexibility index (Phi) is 3.16. The van der Waals surface area contributed by atoms with Gasteiger partial charge < -0.3 is 5.73 Å². The van der Waals surface area contributed by atoms with Gasteiger partial charge in [0.15, 0.2) is 0 Å². The molecule has 0 aliphatic carbocycles. The molecule has 0 heterocycles. The number of benzene rings is 1. The summed E-state index contributed by atoms with van der Waals surface area (Å²) < 4.78 is 0. The van der Waals surface area contributed by atoms with Crippen LogP contribution in [0.15, 0.2) is 24.3 Å². The lowest BCUT2D eigenvalue weighted by molar-refractivity contribution is 0.836. The molecule has 0 spiro atoms. The quantitative estimate of drug-likeness (QED) is 0.689. The minimum Gasteiger partial charge on any atom is -0.317 e. The van der Waals surface area contributed by atoms with Crippen molar-refractivity contribution in [1.82, 2.24) is 0 Å². The maximum atomic E-state index is 5.90. The van der Waals surface area contributed by atoms with E-state index in [2.05, 4.69) is 5.92 Å². The van der Waals surface area contributed by atoms with Gasteiger partial charge in [-0.15, -0.1) is 6.42 Å². The van der Waals surface area contributed by atoms with E-state index < -0.39 is 0 Å². The Hall–Kier alpha value is -0.970. The second-order valence-electron chi connectivity index (χ2n) is 2.57. The summed E-state index contributed by atoms with van der Waals surface area (Å²) in [5.41, 5.74) is 6.58. The number of rotatable bonds is 2. The Labute approximate surface area is 77.5 Å². The van der Waals surface area contributed by atoms with Gasteiger partial charge in [-0.05, 0) is 11.6 Å². The van der Waals surface area contributed by atoms with Crippen molar-refractivity contribution >= 4 is 11.6 Å². The maximum absolute atomic E-state index is 5.90. The Bertz CT molecular complexity index is 301. The first-order valence-electron chi connectivity index (χ1n) is 3.69. The SMILES string of the molecule is C#CC(N)Cc1ccccc1Cl. The van der Waals surface area contributed by atoms with Crippen LogP contribution in [-0.2, 0) is 6.42 Å². The first-order chi connectivity index (χ1) is 5.74. The molecule has 1 aromatic carbocycles. The van der Waals surface area contributed by atoms with E-state index in [0.717, 1.165) is 10.6 Å². The number of halogens is 1. The molecular formula is C10H10ClN. The van der Waals surface area contributed by atoms with Gasteiger partial charge in [0.2, 0.25) is 0 Å². The molecule has 1 unspecified atom stereocenters. The normalized spacial score (nSPS) is 12.1. The highest BCUT2D eigenvalue weighted by Crippen LogP contribution is 2.15. The molecule has 0 aliphatic heterocycles. The van der Waals surface area contributed by atoms with Crippen LogP contribution in [0.2, 0.25) is 5.02 Å². The highest BCUT2D eigenvalue weighted by molar-refractivity contribution is 6.31. The van der Waals surface area contributed by atoms with E-state index in [0.29, 0.717) is 6.42 Å². The lowest BCUT2D eigenvalue weighted by Crippen LogP contribution is -2.20. The van der Waals surface area contributed by atoms with Crippen molar-refractivity contribution in [2.75, 3.05) is 0 Å². The Morgan fingerprint density at radius 3 is 2.75 bits per heavy atom. The first-order valence-corrected chi connectivity index (χ1v) is 4.07. The van der Waals surface area contributed by atoms with E-state index in [1.807, 2.05) is 24.3 Å². The fourth-order valence-corrected chi connectivity index (χ4v) is 1.17. The fourth-order valence-electron chi connectivity index (χ4n) is 0.960. The molecule has 0 saturated carbocycles. The molecular weight excluding hydrogens is 170 g/mol. The molecule has 1 rings (SSSR count). The van der Waals surface area contributed by atoms with Crippen molar-refractivity contribution in [2.45, 2.75) is 12.5 Å². The number of hydrogen-bond acceptors (Lipinski definition) is 1. The van der Waals surface area contributed by atoms with Crippen LogP contribution in [0.5, 0.6) is 0 Å². The summed E-state index contributed by atoms with van der Waals surface area (Å²) in [4.78, 5) is 0. The molecule has 0 amide bonds. The number of nitrogens with two attached hydrogens (primary N) is 1. The molecule has 0 aliphatic rings. The smallest absolute Gasteiger partial charge is 0.0703 e. The van der Waals surface area contributed by atoms with Gasteiger partial charge in [-0.25, -0.2) is 0 Å². The van der Waals surface area contributed by atoms with Crippen molar-refractivity contribution in [2.24, 2.45) is 5.73 Å². The molecule has 0 aromatic heterocycles. The van der Waals surface area contributed by atoms with Gasteiger partial charge in [0.05, 0.1) is 6.04 Å². The summed E-state index contributed by atoms with van der Waals surface area (Å²) in [7, 11) is 0. The van der Waals surface area contributed by atoms with Crippen molar-refractivity contribution in [1.29, 1.82) is 0 Å². The zero-order valence-corrected chi connectivity index (χ0v) is 7.38. The molecule has 1 atom stereocenters. The van der Waals surface area contributed by atoms with E-state index >= 15 is 0 Å². The highest BCUT2D eigenvalue weighted by atomic mass is 35.5. The van der Waals surface area contributed by atoms with Gasteiger partial charge in [0.25, 0.3) is 0 Å². The van der Waals surface area contributed by atoms with Crippen LogP contribution < -0.4 is 5.73 Å². The standard InChI is InChI=1S/C10H10ClN/c1-2-9(12)7-8-5-3-4-6-10(8)11/h1,3-6,9H,7,12H2. The topological polar surface area (TPSA) is 26.0 Å². The van der Waals surface area contributed by atoms with Crippen LogP contribution in [0, 0.1) is 12.3 Å². The summed E-state index contributed by atoms with van der Waals surface area (Å²) in [5.74, 6) is 2.46. The Balaban J connectivity index is 2.77. The lowest BCUT2D eigenvalue weighted by atomic mass is 10.1. The van der Waals surface area contributed by atoms with Crippen LogP contribution >= 0.6 is 11.6 Å². The van der Waals surface area contributed by atoms with Crippen molar-refractivity contribution in [3.05, 3.63) is 34.9 Å². The first kappa shape index (κ1) is 9.12. The average molecular weight is 180 g/mol. The van der Waals surface area contributed by atoms with Gasteiger partial charge >= 0.3 is 0 Å². The van der Waals surface area contributed by atoms with E-state index in [1.165, 1.54) is 0 Å². The van der Waals surface area contributed by atoms with Gasteiger partial charge in [0.1, 0.15) is 0 Å². The van der Waals surface area contributed by atoms with E-state index in [-0.39, 0.29) is 6.04 Å². The molecule has 62 valence electrons. The maximum Gasteiger partial charge on any atom is 0.0703 e. The molecule has 2 N–H and O–H groups in total. The average Bonchev–Trinajstić information content (AvgIpc) is 2.09. The summed E-state index contributed by atoms with van der Waals surface area (Å²) >= 11 is 5.90. The second kappa shape index (κ2) is 4.15. The van der Waals surface area contributed by atoms with E-state index in [4.69, 9.17) is 23.8 Å². The molecule has 1 nitrogen and oxygen atoms in total. The van der Waals surface area contributed by atoms with E-state index in [9.17, 15) is 0 Å². The predicted octanol–water partition coefficient (Wildman–Crippen LogP) is 1.84. The van der Waals surface area contributed by atoms with Crippen LogP contribution in [-0.4, -0.2) is 6.04 Å². The van der Waals surface area contributed by atoms with Crippen LogP contribution in [0.3, 0.4) is 0 Å². The second-order valence-corrected chi connectivity index (χ2v) is 2.98. The summed E-state index contributed by atoms with van der Waals surface area (Å²) in [6.45, 7) is 0. The minimum absolute atomic E-state index is 0.245. The molecule has 0 bridgehead atoms. The Morgan fingerprint density at radius 2 is 2.17 bits per heavy atom. The van der Waals surface area contributed by atoms with Crippen LogP contribution in [0.1, 0.15) is 5.56 Å². The van der Waals surface area contributed by atoms with Crippen molar-refractivity contribution in [3.8, 4) is 12.3 Å². The zero-order chi connectivity index (χ0) is 8.97. The van der Waals surface area contributed by atoms with Gasteiger partial charge in [-0.1, -0.05) is 35.7 Å². The molecule has 12 heavy (non-hydrogen) atoms. The summed E-state index contributed by atoms with van der Waals surface area (Å²) in [6, 6.07) is 7.32. The number of hydrogen-bond donors (Lipinski definition) is 1. The fraction of sp³-hybridized carbons (Fsp3) is 0.200. The highest BCUT2D eigenvalue weighted by Gasteiger charge is 2.02. The van der Waals surface area contributed by atoms with Gasteiger partial charge in [-0.2, -0.15) is 0 Å². The lowest BCUT2D eigenvalue weighted by Gasteiger charge is -2.05. The Morgan fingerprint density at radius 1 is 1.50 bits per heavy atom.